The summed E-state index contributed by atoms with van der Waals surface area (Å²) in [6.07, 6.45) is 2.41. The molecule has 26 heavy (non-hydrogen) atoms. The number of benzene rings is 1. The van der Waals surface area contributed by atoms with E-state index in [1.807, 2.05) is 11.0 Å². The lowest BCUT2D eigenvalue weighted by molar-refractivity contribution is -0.131. The zero-order valence-corrected chi connectivity index (χ0v) is 17.1. The summed E-state index contributed by atoms with van der Waals surface area (Å²) in [5.74, 6) is -0.0287. The molecular weight excluding hydrogens is 396 g/mol. The van der Waals surface area contributed by atoms with Crippen LogP contribution < -0.4 is 5.56 Å². The Morgan fingerprint density at radius 1 is 1.19 bits per heavy atom. The van der Waals surface area contributed by atoms with Gasteiger partial charge in [0.2, 0.25) is 5.91 Å². The van der Waals surface area contributed by atoms with Crippen molar-refractivity contribution in [2.75, 3.05) is 26.2 Å². The normalized spacial score (nSPS) is 16.7. The Kier molecular flexibility index (Phi) is 5.48. The molecule has 7 heteroatoms. The first-order valence-electron chi connectivity index (χ1n) is 8.93. The molecule has 0 spiro atoms. The highest BCUT2D eigenvalue weighted by molar-refractivity contribution is 9.10. The third-order valence-corrected chi connectivity index (χ3v) is 5.38. The Morgan fingerprint density at radius 2 is 1.96 bits per heavy atom. The first kappa shape index (κ1) is 19.0. The largest absolute Gasteiger partial charge is 0.340 e. The second-order valence-corrected chi connectivity index (χ2v) is 8.65. The molecule has 0 atom stereocenters. The first-order valence-corrected chi connectivity index (χ1v) is 9.72. The van der Waals surface area contributed by atoms with Gasteiger partial charge in [0.05, 0.1) is 17.2 Å². The number of carbonyl (C=O) groups excluding carboxylic acids is 1. The van der Waals surface area contributed by atoms with Gasteiger partial charge in [-0.1, -0.05) is 15.9 Å². The minimum Gasteiger partial charge on any atom is -0.340 e. The molecule has 0 bridgehead atoms. The van der Waals surface area contributed by atoms with E-state index in [1.54, 1.807) is 12.1 Å². The van der Waals surface area contributed by atoms with Gasteiger partial charge in [-0.25, -0.2) is 4.98 Å². The van der Waals surface area contributed by atoms with E-state index in [0.29, 0.717) is 17.4 Å². The number of hydrogen-bond acceptors (Lipinski definition) is 4. The molecule has 1 amide bonds. The minimum atomic E-state index is -0.184. The third kappa shape index (κ3) is 4.15. The summed E-state index contributed by atoms with van der Waals surface area (Å²) >= 11 is 3.38. The van der Waals surface area contributed by atoms with Crippen molar-refractivity contribution in [2.45, 2.75) is 39.3 Å². The van der Waals surface area contributed by atoms with Gasteiger partial charge in [-0.05, 0) is 45.4 Å². The van der Waals surface area contributed by atoms with Crippen LogP contribution in [0.4, 0.5) is 0 Å². The van der Waals surface area contributed by atoms with E-state index in [0.717, 1.165) is 30.5 Å². The van der Waals surface area contributed by atoms with Gasteiger partial charge in [0.25, 0.3) is 5.56 Å². The Balaban J connectivity index is 1.75. The van der Waals surface area contributed by atoms with Crippen molar-refractivity contribution in [1.29, 1.82) is 0 Å². The fraction of sp³-hybridized carbons (Fsp3) is 0.526. The Hall–Kier alpha value is -1.73. The van der Waals surface area contributed by atoms with E-state index >= 15 is 0 Å². The molecular formula is C19H25BrN4O2. The van der Waals surface area contributed by atoms with E-state index in [4.69, 9.17) is 0 Å². The predicted molar refractivity (Wildman–Crippen MR) is 106 cm³/mol. The van der Waals surface area contributed by atoms with Gasteiger partial charge < -0.3 is 4.90 Å². The lowest BCUT2D eigenvalue weighted by Crippen LogP contribution is -2.44. The number of hydrogen-bond donors (Lipinski definition) is 0. The molecule has 0 radical (unpaired) electrons. The van der Waals surface area contributed by atoms with Gasteiger partial charge in [-0.3, -0.25) is 19.1 Å². The average Bonchev–Trinajstić information content (AvgIpc) is 2.84. The van der Waals surface area contributed by atoms with Crippen molar-refractivity contribution in [1.82, 2.24) is 19.4 Å². The summed E-state index contributed by atoms with van der Waals surface area (Å²) in [5, 5.41) is 0.518. The number of amides is 1. The summed E-state index contributed by atoms with van der Waals surface area (Å²) in [7, 11) is 0. The monoisotopic (exact) mass is 420 g/mol. The van der Waals surface area contributed by atoms with Crippen LogP contribution in [0.2, 0.25) is 0 Å². The SMILES string of the molecule is CC(C)(C)N1CCCN(C(=O)Cn2cnc3ccc(Br)cc3c2=O)CC1. The van der Waals surface area contributed by atoms with Gasteiger partial charge in [0, 0.05) is 36.2 Å². The van der Waals surface area contributed by atoms with Crippen LogP contribution in [0.25, 0.3) is 10.9 Å². The van der Waals surface area contributed by atoms with Crippen molar-refractivity contribution in [3.8, 4) is 0 Å². The number of nitrogens with zero attached hydrogens (tertiary/aromatic N) is 4. The molecule has 0 aliphatic carbocycles. The van der Waals surface area contributed by atoms with Gasteiger partial charge >= 0.3 is 0 Å². The van der Waals surface area contributed by atoms with E-state index < -0.39 is 0 Å². The molecule has 140 valence electrons. The zero-order chi connectivity index (χ0) is 18.9. The standard InChI is InChI=1S/C19H25BrN4O2/c1-19(2,3)24-8-4-7-22(9-10-24)17(25)12-23-13-21-16-6-5-14(20)11-15(16)18(23)26/h5-6,11,13H,4,7-10,12H2,1-3H3. The van der Waals surface area contributed by atoms with Crippen LogP contribution >= 0.6 is 15.9 Å². The van der Waals surface area contributed by atoms with Crippen molar-refractivity contribution in [2.24, 2.45) is 0 Å². The number of aromatic nitrogens is 2. The second-order valence-electron chi connectivity index (χ2n) is 7.73. The number of rotatable bonds is 2. The summed E-state index contributed by atoms with van der Waals surface area (Å²) < 4.78 is 2.23. The molecule has 1 aliphatic heterocycles. The van der Waals surface area contributed by atoms with Gasteiger partial charge in [0.15, 0.2) is 0 Å². The average molecular weight is 421 g/mol. The highest BCUT2D eigenvalue weighted by Gasteiger charge is 2.26. The first-order chi connectivity index (χ1) is 12.3. The number of carbonyl (C=O) groups is 1. The lowest BCUT2D eigenvalue weighted by Gasteiger charge is -2.34. The van der Waals surface area contributed by atoms with Crippen LogP contribution in [-0.4, -0.2) is 57.0 Å². The molecule has 3 rings (SSSR count). The highest BCUT2D eigenvalue weighted by atomic mass is 79.9. The Labute approximate surface area is 161 Å². The van der Waals surface area contributed by atoms with Gasteiger partial charge in [0.1, 0.15) is 6.54 Å². The topological polar surface area (TPSA) is 58.4 Å². The van der Waals surface area contributed by atoms with Gasteiger partial charge in [-0.15, -0.1) is 0 Å². The quantitative estimate of drug-likeness (QED) is 0.748. The highest BCUT2D eigenvalue weighted by Crippen LogP contribution is 2.17. The van der Waals surface area contributed by atoms with Crippen molar-refractivity contribution < 1.29 is 4.79 Å². The molecule has 1 fully saturated rings. The molecule has 2 aromatic rings. The molecule has 1 aromatic heterocycles. The maximum absolute atomic E-state index is 12.7. The molecule has 0 N–H and O–H groups in total. The second kappa shape index (κ2) is 7.48. The molecule has 2 heterocycles. The number of halogens is 1. The smallest absolute Gasteiger partial charge is 0.261 e. The molecule has 1 aromatic carbocycles. The Morgan fingerprint density at radius 3 is 2.69 bits per heavy atom. The summed E-state index contributed by atoms with van der Waals surface area (Å²) in [5.41, 5.74) is 0.555. The third-order valence-electron chi connectivity index (χ3n) is 4.89. The summed E-state index contributed by atoms with van der Waals surface area (Å²) in [6, 6.07) is 5.39. The fourth-order valence-electron chi connectivity index (χ4n) is 3.33. The molecule has 0 unspecified atom stereocenters. The van der Waals surface area contributed by atoms with E-state index in [9.17, 15) is 9.59 Å². The van der Waals surface area contributed by atoms with Crippen LogP contribution in [0.1, 0.15) is 27.2 Å². The van der Waals surface area contributed by atoms with Crippen LogP contribution in [0.3, 0.4) is 0 Å². The molecule has 0 saturated carbocycles. The summed E-state index contributed by atoms with van der Waals surface area (Å²) in [4.78, 5) is 34.0. The van der Waals surface area contributed by atoms with E-state index in [-0.39, 0.29) is 23.6 Å². The maximum Gasteiger partial charge on any atom is 0.261 e. The van der Waals surface area contributed by atoms with E-state index in [1.165, 1.54) is 10.9 Å². The van der Waals surface area contributed by atoms with Crippen molar-refractivity contribution in [3.63, 3.8) is 0 Å². The minimum absolute atomic E-state index is 0.0287. The fourth-order valence-corrected chi connectivity index (χ4v) is 3.69. The Bertz CT molecular complexity index is 872. The van der Waals surface area contributed by atoms with Crippen LogP contribution in [0.5, 0.6) is 0 Å². The van der Waals surface area contributed by atoms with E-state index in [2.05, 4.69) is 46.6 Å². The molecule has 1 saturated heterocycles. The molecule has 1 aliphatic rings. The predicted octanol–water partition coefficient (Wildman–Crippen LogP) is 2.49. The van der Waals surface area contributed by atoms with Crippen LogP contribution in [0.15, 0.2) is 33.8 Å². The van der Waals surface area contributed by atoms with Crippen molar-refractivity contribution in [3.05, 3.63) is 39.4 Å². The number of fused-ring (bicyclic) bond motifs is 1. The van der Waals surface area contributed by atoms with Crippen molar-refractivity contribution >= 4 is 32.7 Å². The summed E-state index contributed by atoms with van der Waals surface area (Å²) in [6.45, 7) is 9.88. The zero-order valence-electron chi connectivity index (χ0n) is 15.5. The van der Waals surface area contributed by atoms with Gasteiger partial charge in [-0.2, -0.15) is 0 Å². The lowest BCUT2D eigenvalue weighted by atomic mass is 10.1. The molecule has 6 nitrogen and oxygen atoms in total. The van der Waals surface area contributed by atoms with Crippen LogP contribution in [-0.2, 0) is 11.3 Å². The maximum atomic E-state index is 12.7. The van der Waals surface area contributed by atoms with Crippen LogP contribution in [0, 0.1) is 0 Å².